The van der Waals surface area contributed by atoms with Crippen molar-refractivity contribution in [3.05, 3.63) is 5.69 Å². The largest absolute Gasteiger partial charge is 0.305 e. The number of nitrogens with zero attached hydrogens (tertiary/aromatic N) is 2. The van der Waals surface area contributed by atoms with Gasteiger partial charge < -0.3 is 5.32 Å². The van der Waals surface area contributed by atoms with Crippen LogP contribution in [-0.2, 0) is 4.79 Å². The van der Waals surface area contributed by atoms with Gasteiger partial charge in [-0.05, 0) is 6.92 Å². The van der Waals surface area contributed by atoms with Gasteiger partial charge in [-0.1, -0.05) is 11.3 Å². The molecule has 0 saturated carbocycles. The Hall–Kier alpha value is -1.06. The van der Waals surface area contributed by atoms with Crippen LogP contribution in [0.1, 0.15) is 5.69 Å². The Bertz CT molecular complexity index is 328. The molecule has 0 radical (unpaired) electrons. The number of nitriles is 1. The van der Waals surface area contributed by atoms with Crippen LogP contribution in [0.15, 0.2) is 4.21 Å². The predicted octanol–water partition coefficient (Wildman–Crippen LogP) is 1.59. The van der Waals surface area contributed by atoms with Gasteiger partial charge in [0.05, 0.1) is 9.90 Å². The van der Waals surface area contributed by atoms with E-state index >= 15 is 0 Å². The van der Waals surface area contributed by atoms with Crippen LogP contribution in [0.25, 0.3) is 0 Å². The van der Waals surface area contributed by atoms with Crippen LogP contribution in [0, 0.1) is 17.6 Å². The molecule has 0 aliphatic rings. The third-order valence-corrected chi connectivity index (χ3v) is 3.03. The summed E-state index contributed by atoms with van der Waals surface area (Å²) in [7, 11) is 0. The zero-order valence-electron chi connectivity index (χ0n) is 6.20. The summed E-state index contributed by atoms with van der Waals surface area (Å²) < 4.78 is 0.821. The Kier molecular flexibility index (Phi) is 3.08. The number of carbonyl (C=O) groups is 1. The fourth-order valence-electron chi connectivity index (χ4n) is 0.631. The van der Waals surface area contributed by atoms with E-state index in [2.05, 4.69) is 10.3 Å². The molecule has 0 bridgehead atoms. The van der Waals surface area contributed by atoms with E-state index in [0.717, 1.165) is 21.7 Å². The van der Waals surface area contributed by atoms with Crippen LogP contribution in [0.4, 0.5) is 5.13 Å². The highest BCUT2D eigenvalue weighted by atomic mass is 32.2. The number of rotatable bonds is 3. The van der Waals surface area contributed by atoms with Crippen molar-refractivity contribution in [3.8, 4) is 5.40 Å². The molecule has 0 spiro atoms. The smallest absolute Gasteiger partial charge is 0.213 e. The Balaban J connectivity index is 2.85. The van der Waals surface area contributed by atoms with Crippen molar-refractivity contribution in [2.24, 2.45) is 0 Å². The summed E-state index contributed by atoms with van der Waals surface area (Å²) >= 11 is 2.35. The molecule has 0 saturated heterocycles. The summed E-state index contributed by atoms with van der Waals surface area (Å²) in [5.74, 6) is 0. The quantitative estimate of drug-likeness (QED) is 0.456. The number of thiocyanates is 1. The number of amides is 1. The van der Waals surface area contributed by atoms with Crippen LogP contribution in [0.2, 0.25) is 0 Å². The van der Waals surface area contributed by atoms with Gasteiger partial charge in [0, 0.05) is 11.8 Å². The van der Waals surface area contributed by atoms with Crippen molar-refractivity contribution >= 4 is 34.6 Å². The van der Waals surface area contributed by atoms with E-state index in [-0.39, 0.29) is 0 Å². The molecule has 1 aromatic rings. The minimum atomic E-state index is 0.528. The first-order chi connectivity index (χ1) is 5.77. The van der Waals surface area contributed by atoms with E-state index in [1.807, 2.05) is 5.40 Å². The molecule has 1 amide bonds. The third-order valence-electron chi connectivity index (χ3n) is 1.07. The van der Waals surface area contributed by atoms with Gasteiger partial charge in [0.25, 0.3) is 0 Å². The van der Waals surface area contributed by atoms with Crippen molar-refractivity contribution in [3.63, 3.8) is 0 Å². The maximum absolute atomic E-state index is 10.0. The van der Waals surface area contributed by atoms with E-state index in [1.54, 1.807) is 6.92 Å². The van der Waals surface area contributed by atoms with E-state index in [4.69, 9.17) is 5.26 Å². The van der Waals surface area contributed by atoms with Gasteiger partial charge in [0.15, 0.2) is 5.13 Å². The van der Waals surface area contributed by atoms with Gasteiger partial charge in [-0.25, -0.2) is 4.98 Å². The highest BCUT2D eigenvalue weighted by Gasteiger charge is 2.06. The van der Waals surface area contributed by atoms with Crippen molar-refractivity contribution in [2.45, 2.75) is 11.1 Å². The van der Waals surface area contributed by atoms with Crippen LogP contribution < -0.4 is 5.32 Å². The van der Waals surface area contributed by atoms with E-state index in [1.165, 1.54) is 11.3 Å². The first-order valence-electron chi connectivity index (χ1n) is 3.01. The molecule has 1 rings (SSSR count). The second kappa shape index (κ2) is 4.09. The van der Waals surface area contributed by atoms with Crippen molar-refractivity contribution in [1.82, 2.24) is 4.98 Å². The number of thioether (sulfide) groups is 1. The van der Waals surface area contributed by atoms with Gasteiger partial charge in [-0.2, -0.15) is 5.26 Å². The van der Waals surface area contributed by atoms with Gasteiger partial charge >= 0.3 is 0 Å². The molecule has 62 valence electrons. The number of carbonyl (C=O) groups excluding carboxylic acids is 1. The maximum atomic E-state index is 10.0. The first-order valence-corrected chi connectivity index (χ1v) is 4.64. The standard InChI is InChI=1S/C6H5N3OS2/c1-4-5(11-2-7)12-6(9-4)8-3-10/h3H,1H3,(H,8,9,10). The highest BCUT2D eigenvalue weighted by molar-refractivity contribution is 8.05. The minimum Gasteiger partial charge on any atom is -0.305 e. The van der Waals surface area contributed by atoms with Crippen molar-refractivity contribution < 1.29 is 4.79 Å². The van der Waals surface area contributed by atoms with Crippen LogP contribution in [0.3, 0.4) is 0 Å². The summed E-state index contributed by atoms with van der Waals surface area (Å²) in [4.78, 5) is 14.1. The maximum Gasteiger partial charge on any atom is 0.213 e. The Labute approximate surface area is 77.6 Å². The lowest BCUT2D eigenvalue weighted by Crippen LogP contribution is -1.91. The summed E-state index contributed by atoms with van der Waals surface area (Å²) in [5.41, 5.74) is 0.774. The molecule has 0 aromatic carbocycles. The first kappa shape index (κ1) is 9.03. The number of hydrogen-bond acceptors (Lipinski definition) is 5. The molecule has 0 aliphatic carbocycles. The number of hydrogen-bond donors (Lipinski definition) is 1. The average molecular weight is 199 g/mol. The number of aromatic nitrogens is 1. The zero-order valence-corrected chi connectivity index (χ0v) is 7.83. The molecule has 0 aliphatic heterocycles. The van der Waals surface area contributed by atoms with Gasteiger partial charge in [0.1, 0.15) is 5.40 Å². The SMILES string of the molecule is Cc1nc(NC=O)sc1SC#N. The lowest BCUT2D eigenvalue weighted by molar-refractivity contribution is -0.105. The van der Waals surface area contributed by atoms with Gasteiger partial charge in [-0.15, -0.1) is 0 Å². The Morgan fingerprint density at radius 3 is 3.17 bits per heavy atom. The fraction of sp³-hybridized carbons (Fsp3) is 0.167. The molecule has 0 fully saturated rings. The number of nitrogens with one attached hydrogen (secondary N) is 1. The second-order valence-corrected chi connectivity index (χ2v) is 3.90. The Morgan fingerprint density at radius 1 is 1.83 bits per heavy atom. The zero-order chi connectivity index (χ0) is 8.97. The molecular formula is C6H5N3OS2. The predicted molar refractivity (Wildman–Crippen MR) is 48.0 cm³/mol. The molecule has 0 atom stereocenters. The molecule has 12 heavy (non-hydrogen) atoms. The van der Waals surface area contributed by atoms with Crippen LogP contribution in [-0.4, -0.2) is 11.4 Å². The normalized spacial score (nSPS) is 9.00. The number of thiazole rings is 1. The average Bonchev–Trinajstić information content (AvgIpc) is 2.34. The molecule has 0 unspecified atom stereocenters. The fourth-order valence-corrected chi connectivity index (χ4v) is 2.08. The lowest BCUT2D eigenvalue weighted by Gasteiger charge is -1.84. The van der Waals surface area contributed by atoms with E-state index in [0.29, 0.717) is 11.5 Å². The molecule has 1 heterocycles. The summed E-state index contributed by atoms with van der Waals surface area (Å²) in [5, 5.41) is 13.3. The van der Waals surface area contributed by atoms with E-state index in [9.17, 15) is 4.79 Å². The summed E-state index contributed by atoms with van der Waals surface area (Å²) in [6.45, 7) is 1.80. The third kappa shape index (κ3) is 1.96. The molecule has 1 N–H and O–H groups in total. The molecule has 6 heteroatoms. The van der Waals surface area contributed by atoms with Crippen LogP contribution >= 0.6 is 23.1 Å². The van der Waals surface area contributed by atoms with Gasteiger partial charge in [-0.3, -0.25) is 4.79 Å². The topological polar surface area (TPSA) is 65.8 Å². The summed E-state index contributed by atoms with van der Waals surface area (Å²) in [6.07, 6.45) is 0.569. The highest BCUT2D eigenvalue weighted by Crippen LogP contribution is 2.30. The van der Waals surface area contributed by atoms with Crippen molar-refractivity contribution in [1.29, 1.82) is 5.26 Å². The molecular weight excluding hydrogens is 194 g/mol. The Morgan fingerprint density at radius 2 is 2.58 bits per heavy atom. The van der Waals surface area contributed by atoms with Crippen molar-refractivity contribution in [2.75, 3.05) is 5.32 Å². The molecule has 1 aromatic heterocycles. The van der Waals surface area contributed by atoms with Gasteiger partial charge in [0.2, 0.25) is 6.41 Å². The monoisotopic (exact) mass is 199 g/mol. The number of anilines is 1. The number of aryl methyl sites for hydroxylation is 1. The summed E-state index contributed by atoms with van der Waals surface area (Å²) in [6, 6.07) is 0. The van der Waals surface area contributed by atoms with Crippen LogP contribution in [0.5, 0.6) is 0 Å². The second-order valence-electron chi connectivity index (χ2n) is 1.85. The minimum absolute atomic E-state index is 0.528. The lowest BCUT2D eigenvalue weighted by atomic mass is 10.6. The van der Waals surface area contributed by atoms with E-state index < -0.39 is 0 Å². The molecule has 4 nitrogen and oxygen atoms in total.